The SMILES string of the molecule is Cc1ccc(NC(=O)NC[C@@H]2CCc3nccn3C2)cn1. The first-order valence-corrected chi connectivity index (χ1v) is 7.18. The van der Waals surface area contributed by atoms with Crippen LogP contribution < -0.4 is 10.6 Å². The van der Waals surface area contributed by atoms with Gasteiger partial charge in [0.05, 0.1) is 11.9 Å². The summed E-state index contributed by atoms with van der Waals surface area (Å²) < 4.78 is 2.16. The van der Waals surface area contributed by atoms with Crippen LogP contribution in [0.15, 0.2) is 30.7 Å². The van der Waals surface area contributed by atoms with Gasteiger partial charge in [-0.25, -0.2) is 9.78 Å². The Labute approximate surface area is 123 Å². The van der Waals surface area contributed by atoms with Crippen LogP contribution in [0.4, 0.5) is 10.5 Å². The number of nitrogens with zero attached hydrogens (tertiary/aromatic N) is 3. The van der Waals surface area contributed by atoms with Crippen molar-refractivity contribution in [3.8, 4) is 0 Å². The van der Waals surface area contributed by atoms with Gasteiger partial charge in [0.2, 0.25) is 0 Å². The van der Waals surface area contributed by atoms with Crippen LogP contribution in [-0.4, -0.2) is 27.1 Å². The average Bonchev–Trinajstić information content (AvgIpc) is 2.95. The third-order valence-corrected chi connectivity index (χ3v) is 3.75. The topological polar surface area (TPSA) is 71.8 Å². The summed E-state index contributed by atoms with van der Waals surface area (Å²) in [6, 6.07) is 3.54. The molecule has 0 spiro atoms. The highest BCUT2D eigenvalue weighted by Crippen LogP contribution is 2.17. The number of hydrogen-bond donors (Lipinski definition) is 2. The predicted molar refractivity (Wildman–Crippen MR) is 80.0 cm³/mol. The highest BCUT2D eigenvalue weighted by Gasteiger charge is 2.19. The van der Waals surface area contributed by atoms with Gasteiger partial charge in [-0.15, -0.1) is 0 Å². The third kappa shape index (κ3) is 3.39. The summed E-state index contributed by atoms with van der Waals surface area (Å²) in [4.78, 5) is 20.3. The number of rotatable bonds is 3. The summed E-state index contributed by atoms with van der Waals surface area (Å²) in [6.07, 6.45) is 7.53. The Morgan fingerprint density at radius 2 is 2.33 bits per heavy atom. The molecular weight excluding hydrogens is 266 g/mol. The number of fused-ring (bicyclic) bond motifs is 1. The smallest absolute Gasteiger partial charge is 0.319 e. The van der Waals surface area contributed by atoms with Crippen LogP contribution in [0.2, 0.25) is 0 Å². The number of aromatic nitrogens is 3. The second-order valence-corrected chi connectivity index (χ2v) is 5.42. The Kier molecular flexibility index (Phi) is 3.85. The van der Waals surface area contributed by atoms with Gasteiger partial charge in [0.25, 0.3) is 0 Å². The molecule has 0 aliphatic carbocycles. The molecule has 0 radical (unpaired) electrons. The molecule has 0 aromatic carbocycles. The number of amides is 2. The Hall–Kier alpha value is -2.37. The number of nitrogens with one attached hydrogen (secondary N) is 2. The zero-order valence-electron chi connectivity index (χ0n) is 12.0. The van der Waals surface area contributed by atoms with Crippen molar-refractivity contribution in [2.75, 3.05) is 11.9 Å². The molecule has 2 amide bonds. The largest absolute Gasteiger partial charge is 0.338 e. The van der Waals surface area contributed by atoms with Gasteiger partial charge in [0.15, 0.2) is 0 Å². The normalized spacial score (nSPS) is 17.1. The zero-order chi connectivity index (χ0) is 14.7. The van der Waals surface area contributed by atoms with Crippen molar-refractivity contribution in [1.82, 2.24) is 19.9 Å². The maximum absolute atomic E-state index is 11.9. The molecule has 0 saturated carbocycles. The van der Waals surface area contributed by atoms with Gasteiger partial charge in [0.1, 0.15) is 5.82 Å². The fourth-order valence-corrected chi connectivity index (χ4v) is 2.56. The second kappa shape index (κ2) is 5.95. The van der Waals surface area contributed by atoms with E-state index in [0.717, 1.165) is 30.9 Å². The number of pyridine rings is 1. The number of carbonyl (C=O) groups excluding carboxylic acids is 1. The summed E-state index contributed by atoms with van der Waals surface area (Å²) in [5, 5.41) is 5.72. The molecule has 3 rings (SSSR count). The Morgan fingerprint density at radius 1 is 1.43 bits per heavy atom. The van der Waals surface area contributed by atoms with E-state index < -0.39 is 0 Å². The molecule has 2 N–H and O–H groups in total. The molecule has 1 aliphatic rings. The Bertz CT molecular complexity index is 619. The number of hydrogen-bond acceptors (Lipinski definition) is 3. The van der Waals surface area contributed by atoms with Crippen LogP contribution in [0.25, 0.3) is 0 Å². The quantitative estimate of drug-likeness (QED) is 0.905. The van der Waals surface area contributed by atoms with Crippen molar-refractivity contribution in [3.63, 3.8) is 0 Å². The van der Waals surface area contributed by atoms with E-state index in [2.05, 4.69) is 25.2 Å². The molecule has 6 heteroatoms. The lowest BCUT2D eigenvalue weighted by Gasteiger charge is -2.24. The van der Waals surface area contributed by atoms with E-state index in [4.69, 9.17) is 0 Å². The molecule has 0 bridgehead atoms. The van der Waals surface area contributed by atoms with Gasteiger partial charge in [-0.05, 0) is 31.4 Å². The van der Waals surface area contributed by atoms with Crippen LogP contribution in [0, 0.1) is 12.8 Å². The minimum atomic E-state index is -0.183. The van der Waals surface area contributed by atoms with Crippen LogP contribution in [0.5, 0.6) is 0 Å². The van der Waals surface area contributed by atoms with E-state index in [1.165, 1.54) is 0 Å². The monoisotopic (exact) mass is 285 g/mol. The molecule has 110 valence electrons. The van der Waals surface area contributed by atoms with Crippen molar-refractivity contribution in [3.05, 3.63) is 42.2 Å². The van der Waals surface area contributed by atoms with E-state index in [1.54, 1.807) is 6.20 Å². The molecule has 0 unspecified atom stereocenters. The molecule has 2 aromatic rings. The van der Waals surface area contributed by atoms with Crippen LogP contribution in [0.3, 0.4) is 0 Å². The molecular formula is C15H19N5O. The number of carbonyl (C=O) groups is 1. The second-order valence-electron chi connectivity index (χ2n) is 5.42. The molecule has 1 atom stereocenters. The number of anilines is 1. The molecule has 2 aromatic heterocycles. The summed E-state index contributed by atoms with van der Waals surface area (Å²) in [5.41, 5.74) is 1.64. The zero-order valence-corrected chi connectivity index (χ0v) is 12.0. The molecule has 1 aliphatic heterocycles. The van der Waals surface area contributed by atoms with Crippen molar-refractivity contribution >= 4 is 11.7 Å². The molecule has 6 nitrogen and oxygen atoms in total. The van der Waals surface area contributed by atoms with Gasteiger partial charge in [-0.3, -0.25) is 4.98 Å². The van der Waals surface area contributed by atoms with Crippen LogP contribution in [-0.2, 0) is 13.0 Å². The number of imidazole rings is 1. The van der Waals surface area contributed by atoms with E-state index >= 15 is 0 Å². The summed E-state index contributed by atoms with van der Waals surface area (Å²) >= 11 is 0. The van der Waals surface area contributed by atoms with E-state index in [9.17, 15) is 4.79 Å². The van der Waals surface area contributed by atoms with Gasteiger partial charge in [-0.1, -0.05) is 0 Å². The molecule has 0 fully saturated rings. The number of aryl methyl sites for hydroxylation is 2. The highest BCUT2D eigenvalue weighted by molar-refractivity contribution is 5.88. The van der Waals surface area contributed by atoms with Gasteiger partial charge in [-0.2, -0.15) is 0 Å². The van der Waals surface area contributed by atoms with Crippen molar-refractivity contribution in [1.29, 1.82) is 0 Å². The van der Waals surface area contributed by atoms with Gasteiger partial charge >= 0.3 is 6.03 Å². The van der Waals surface area contributed by atoms with Crippen LogP contribution in [0.1, 0.15) is 17.9 Å². The lowest BCUT2D eigenvalue weighted by atomic mass is 9.99. The first-order valence-electron chi connectivity index (χ1n) is 7.18. The van der Waals surface area contributed by atoms with Crippen molar-refractivity contribution < 1.29 is 4.79 Å². The maximum atomic E-state index is 11.9. The van der Waals surface area contributed by atoms with Crippen molar-refractivity contribution in [2.45, 2.75) is 26.3 Å². The lowest BCUT2D eigenvalue weighted by molar-refractivity contribution is 0.247. The van der Waals surface area contributed by atoms with Crippen molar-refractivity contribution in [2.24, 2.45) is 5.92 Å². The van der Waals surface area contributed by atoms with E-state index in [0.29, 0.717) is 18.2 Å². The van der Waals surface area contributed by atoms with Gasteiger partial charge in [0, 0.05) is 37.6 Å². The summed E-state index contributed by atoms with van der Waals surface area (Å²) in [6.45, 7) is 3.50. The van der Waals surface area contributed by atoms with Crippen LogP contribution >= 0.6 is 0 Å². The van der Waals surface area contributed by atoms with Gasteiger partial charge < -0.3 is 15.2 Å². The molecule has 0 saturated heterocycles. The first-order chi connectivity index (χ1) is 10.2. The Balaban J connectivity index is 1.47. The fraction of sp³-hybridized carbons (Fsp3) is 0.400. The minimum Gasteiger partial charge on any atom is -0.338 e. The number of urea groups is 1. The average molecular weight is 285 g/mol. The standard InChI is InChI=1S/C15H19N5O/c1-11-2-4-13(9-17-11)19-15(21)18-8-12-3-5-14-16-6-7-20(14)10-12/h2,4,6-7,9,12H,3,5,8,10H2,1H3,(H2,18,19,21)/t12-/m0/s1. The summed E-state index contributed by atoms with van der Waals surface area (Å²) in [5.74, 6) is 1.59. The molecule has 21 heavy (non-hydrogen) atoms. The highest BCUT2D eigenvalue weighted by atomic mass is 16.2. The lowest BCUT2D eigenvalue weighted by Crippen LogP contribution is -2.36. The van der Waals surface area contributed by atoms with E-state index in [1.807, 2.05) is 31.5 Å². The maximum Gasteiger partial charge on any atom is 0.319 e. The molecule has 3 heterocycles. The fourth-order valence-electron chi connectivity index (χ4n) is 2.56. The Morgan fingerprint density at radius 3 is 3.14 bits per heavy atom. The summed E-state index contributed by atoms with van der Waals surface area (Å²) in [7, 11) is 0. The van der Waals surface area contributed by atoms with E-state index in [-0.39, 0.29) is 6.03 Å². The minimum absolute atomic E-state index is 0.183. The predicted octanol–water partition coefficient (Wildman–Crippen LogP) is 1.97. The first kappa shape index (κ1) is 13.6. The third-order valence-electron chi connectivity index (χ3n) is 3.75.